The second-order valence-electron chi connectivity index (χ2n) is 6.07. The predicted molar refractivity (Wildman–Crippen MR) is 91.1 cm³/mol. The molecule has 0 spiro atoms. The van der Waals surface area contributed by atoms with E-state index in [9.17, 15) is 8.42 Å². The monoisotopic (exact) mass is 335 g/mol. The molecule has 0 atom stereocenters. The van der Waals surface area contributed by atoms with Crippen molar-refractivity contribution in [2.24, 2.45) is 0 Å². The van der Waals surface area contributed by atoms with E-state index >= 15 is 0 Å². The Morgan fingerprint density at radius 1 is 1.26 bits per heavy atom. The Morgan fingerprint density at radius 2 is 1.96 bits per heavy atom. The summed E-state index contributed by atoms with van der Waals surface area (Å²) in [5, 5.41) is 7.32. The molecule has 0 amide bonds. The summed E-state index contributed by atoms with van der Waals surface area (Å²) in [6, 6.07) is 5.95. The van der Waals surface area contributed by atoms with Crippen LogP contribution in [0.4, 0.5) is 11.4 Å². The highest BCUT2D eigenvalue weighted by Crippen LogP contribution is 2.32. The van der Waals surface area contributed by atoms with E-state index in [-0.39, 0.29) is 17.5 Å². The lowest BCUT2D eigenvalue weighted by atomic mass is 10.0. The fraction of sp³-hybridized carbons (Fsp3) is 0.438. The molecule has 7 heteroatoms. The first-order valence-electron chi connectivity index (χ1n) is 7.65. The number of nitrogens with zero attached hydrogens (tertiary/aromatic N) is 1. The van der Waals surface area contributed by atoms with E-state index in [4.69, 9.17) is 10.3 Å². The first-order valence-corrected chi connectivity index (χ1v) is 9.47. The van der Waals surface area contributed by atoms with Gasteiger partial charge in [0.15, 0.2) is 0 Å². The fourth-order valence-corrected chi connectivity index (χ4v) is 4.49. The third kappa shape index (κ3) is 3.34. The van der Waals surface area contributed by atoms with Crippen molar-refractivity contribution in [3.63, 3.8) is 0 Å². The van der Waals surface area contributed by atoms with E-state index in [1.165, 1.54) is 0 Å². The van der Waals surface area contributed by atoms with E-state index in [1.54, 1.807) is 0 Å². The van der Waals surface area contributed by atoms with Crippen molar-refractivity contribution in [2.75, 3.05) is 22.6 Å². The van der Waals surface area contributed by atoms with Gasteiger partial charge in [0.2, 0.25) is 0 Å². The number of nitrogens with one attached hydrogen (secondary N) is 1. The summed E-state index contributed by atoms with van der Waals surface area (Å²) in [5.74, 6) is 1.24. The Morgan fingerprint density at radius 3 is 2.52 bits per heavy atom. The highest BCUT2D eigenvalue weighted by Gasteiger charge is 2.24. The topological polar surface area (TPSA) is 98.2 Å². The number of nitrogen functional groups attached to an aromatic ring is 1. The number of nitrogens with two attached hydrogens (primary N) is 1. The van der Waals surface area contributed by atoms with Crippen LogP contribution in [-0.4, -0.2) is 31.1 Å². The van der Waals surface area contributed by atoms with E-state index in [2.05, 4.69) is 10.5 Å². The van der Waals surface area contributed by atoms with Gasteiger partial charge in [0.25, 0.3) is 0 Å². The Balaban J connectivity index is 1.78. The summed E-state index contributed by atoms with van der Waals surface area (Å²) in [7, 11) is -2.85. The second-order valence-corrected chi connectivity index (χ2v) is 8.38. The van der Waals surface area contributed by atoms with Crippen LogP contribution in [0.15, 0.2) is 22.7 Å². The maximum absolute atomic E-state index is 11.5. The van der Waals surface area contributed by atoms with Crippen molar-refractivity contribution < 1.29 is 12.9 Å². The van der Waals surface area contributed by atoms with Crippen LogP contribution in [0.3, 0.4) is 0 Å². The molecule has 1 aromatic heterocycles. The molecule has 2 heterocycles. The Bertz CT molecular complexity index is 794. The van der Waals surface area contributed by atoms with Crippen LogP contribution in [0.1, 0.15) is 24.3 Å². The summed E-state index contributed by atoms with van der Waals surface area (Å²) < 4.78 is 28.2. The minimum absolute atomic E-state index is 0.144. The Labute approximate surface area is 136 Å². The molecule has 0 saturated carbocycles. The Kier molecular flexibility index (Phi) is 4.06. The van der Waals surface area contributed by atoms with Crippen molar-refractivity contribution in [3.8, 4) is 11.1 Å². The smallest absolute Gasteiger partial charge is 0.150 e. The third-order valence-electron chi connectivity index (χ3n) is 4.29. The van der Waals surface area contributed by atoms with Gasteiger partial charge in [-0.15, -0.1) is 0 Å². The van der Waals surface area contributed by atoms with E-state index < -0.39 is 9.84 Å². The van der Waals surface area contributed by atoms with Crippen molar-refractivity contribution in [3.05, 3.63) is 29.7 Å². The number of anilines is 2. The van der Waals surface area contributed by atoms with Crippen LogP contribution in [-0.2, 0) is 9.84 Å². The number of sulfone groups is 1. The molecule has 3 N–H and O–H groups in total. The minimum Gasteiger partial charge on any atom is -0.397 e. The van der Waals surface area contributed by atoms with Gasteiger partial charge in [0.1, 0.15) is 15.6 Å². The molecule has 3 rings (SSSR count). The van der Waals surface area contributed by atoms with Crippen LogP contribution in [0, 0.1) is 13.8 Å². The molecule has 124 valence electrons. The third-order valence-corrected chi connectivity index (χ3v) is 6.00. The number of aromatic nitrogens is 1. The van der Waals surface area contributed by atoms with Crippen molar-refractivity contribution in [2.45, 2.75) is 32.7 Å². The van der Waals surface area contributed by atoms with E-state index in [1.807, 2.05) is 32.0 Å². The zero-order valence-electron chi connectivity index (χ0n) is 13.3. The second kappa shape index (κ2) is 5.88. The standard InChI is InChI=1S/C16H21N3O3S/c1-10-16(11(2)22-19-10)12-3-4-15(14(17)9-12)18-13-5-7-23(20,21)8-6-13/h3-4,9,13,18H,5-8,17H2,1-2H3. The van der Waals surface area contributed by atoms with Gasteiger partial charge in [0, 0.05) is 11.6 Å². The van der Waals surface area contributed by atoms with Gasteiger partial charge in [-0.2, -0.15) is 0 Å². The SMILES string of the molecule is Cc1noc(C)c1-c1ccc(NC2CCS(=O)(=O)CC2)c(N)c1. The van der Waals surface area contributed by atoms with E-state index in [0.717, 1.165) is 28.3 Å². The maximum Gasteiger partial charge on any atom is 0.150 e. The van der Waals surface area contributed by atoms with E-state index in [0.29, 0.717) is 18.5 Å². The number of aryl methyl sites for hydroxylation is 2. The number of hydrogen-bond donors (Lipinski definition) is 2. The molecule has 1 fully saturated rings. The molecule has 1 saturated heterocycles. The van der Waals surface area contributed by atoms with Crippen LogP contribution in [0.2, 0.25) is 0 Å². The number of hydrogen-bond acceptors (Lipinski definition) is 6. The zero-order chi connectivity index (χ0) is 16.6. The maximum atomic E-state index is 11.5. The first-order chi connectivity index (χ1) is 10.9. The molecule has 1 aliphatic heterocycles. The van der Waals surface area contributed by atoms with Gasteiger partial charge in [-0.05, 0) is 44.4 Å². The van der Waals surface area contributed by atoms with Crippen LogP contribution < -0.4 is 11.1 Å². The summed E-state index contributed by atoms with van der Waals surface area (Å²) in [6.45, 7) is 3.77. The minimum atomic E-state index is -2.85. The molecular weight excluding hydrogens is 314 g/mol. The molecule has 0 bridgehead atoms. The molecule has 0 unspecified atom stereocenters. The van der Waals surface area contributed by atoms with Crippen molar-refractivity contribution in [1.29, 1.82) is 0 Å². The fourth-order valence-electron chi connectivity index (χ4n) is 3.00. The van der Waals surface area contributed by atoms with Gasteiger partial charge in [-0.3, -0.25) is 0 Å². The summed E-state index contributed by atoms with van der Waals surface area (Å²) >= 11 is 0. The molecule has 0 aliphatic carbocycles. The number of rotatable bonds is 3. The zero-order valence-corrected chi connectivity index (χ0v) is 14.1. The number of benzene rings is 1. The van der Waals surface area contributed by atoms with Crippen LogP contribution in [0.5, 0.6) is 0 Å². The summed E-state index contributed by atoms with van der Waals surface area (Å²) in [6.07, 6.45) is 1.24. The quantitative estimate of drug-likeness (QED) is 0.836. The lowest BCUT2D eigenvalue weighted by Gasteiger charge is -2.25. The lowest BCUT2D eigenvalue weighted by molar-refractivity contribution is 0.393. The first kappa shape index (κ1) is 15.9. The molecule has 2 aromatic rings. The van der Waals surface area contributed by atoms with Crippen LogP contribution >= 0.6 is 0 Å². The molecule has 23 heavy (non-hydrogen) atoms. The van der Waals surface area contributed by atoms with Crippen molar-refractivity contribution >= 4 is 21.2 Å². The average Bonchev–Trinajstić information content (AvgIpc) is 2.82. The average molecular weight is 335 g/mol. The van der Waals surface area contributed by atoms with Gasteiger partial charge < -0.3 is 15.6 Å². The Hall–Kier alpha value is -2.02. The molecule has 6 nitrogen and oxygen atoms in total. The lowest BCUT2D eigenvalue weighted by Crippen LogP contribution is -2.32. The van der Waals surface area contributed by atoms with Gasteiger partial charge in [0.05, 0.1) is 28.6 Å². The molecule has 1 aliphatic rings. The largest absolute Gasteiger partial charge is 0.397 e. The molecule has 0 radical (unpaired) electrons. The predicted octanol–water partition coefficient (Wildman–Crippen LogP) is 2.53. The normalized spacial score (nSPS) is 18.0. The summed E-state index contributed by atoms with van der Waals surface area (Å²) in [5.41, 5.74) is 10.4. The highest BCUT2D eigenvalue weighted by molar-refractivity contribution is 7.91. The van der Waals surface area contributed by atoms with Crippen LogP contribution in [0.25, 0.3) is 11.1 Å². The molecule has 1 aromatic carbocycles. The highest BCUT2D eigenvalue weighted by atomic mass is 32.2. The van der Waals surface area contributed by atoms with Gasteiger partial charge in [-0.25, -0.2) is 8.42 Å². The molecular formula is C16H21N3O3S. The van der Waals surface area contributed by atoms with Gasteiger partial charge in [-0.1, -0.05) is 11.2 Å². The van der Waals surface area contributed by atoms with Crippen molar-refractivity contribution in [1.82, 2.24) is 5.16 Å². The van der Waals surface area contributed by atoms with Gasteiger partial charge >= 0.3 is 0 Å². The summed E-state index contributed by atoms with van der Waals surface area (Å²) in [4.78, 5) is 0.